The van der Waals surface area contributed by atoms with Crippen molar-refractivity contribution >= 4 is 51.4 Å². The van der Waals surface area contributed by atoms with E-state index in [4.69, 9.17) is 4.42 Å². The van der Waals surface area contributed by atoms with E-state index < -0.39 is 61.7 Å². The average Bonchev–Trinajstić information content (AvgIpc) is 2.95. The molecule has 4 rings (SSSR count). The molecular formula is C30H27N5O9. The summed E-state index contributed by atoms with van der Waals surface area (Å²) in [6.45, 7) is 4.92. The zero-order valence-corrected chi connectivity index (χ0v) is 23.7. The van der Waals surface area contributed by atoms with Crippen molar-refractivity contribution in [1.82, 2.24) is 5.32 Å². The van der Waals surface area contributed by atoms with Crippen LogP contribution < -0.4 is 21.4 Å². The van der Waals surface area contributed by atoms with Gasteiger partial charge in [0.1, 0.15) is 22.9 Å². The van der Waals surface area contributed by atoms with Gasteiger partial charge in [0.05, 0.1) is 27.4 Å². The molecule has 0 aliphatic rings. The van der Waals surface area contributed by atoms with Crippen molar-refractivity contribution in [3.8, 4) is 0 Å². The van der Waals surface area contributed by atoms with Crippen molar-refractivity contribution < 1.29 is 28.6 Å². The number of fused-ring (bicyclic) bond motifs is 1. The van der Waals surface area contributed by atoms with E-state index in [0.29, 0.717) is 0 Å². The lowest BCUT2D eigenvalue weighted by atomic mass is 9.83. The molecule has 4 aromatic rings. The lowest BCUT2D eigenvalue weighted by Crippen LogP contribution is -2.50. The number of hydrogen-bond acceptors (Lipinski definition) is 9. The first kappa shape index (κ1) is 31.0. The molecule has 0 spiro atoms. The van der Waals surface area contributed by atoms with Crippen LogP contribution in [0.3, 0.4) is 0 Å². The Morgan fingerprint density at radius 2 is 1.23 bits per heavy atom. The third-order valence-corrected chi connectivity index (χ3v) is 6.44. The summed E-state index contributed by atoms with van der Waals surface area (Å²) in [7, 11) is 0. The van der Waals surface area contributed by atoms with E-state index in [-0.39, 0.29) is 27.9 Å². The molecule has 0 fully saturated rings. The second-order valence-electron chi connectivity index (χ2n) is 10.7. The lowest BCUT2D eigenvalue weighted by Gasteiger charge is -2.29. The van der Waals surface area contributed by atoms with E-state index in [0.717, 1.165) is 18.4 Å². The number of carbonyl (C=O) groups excluding carboxylic acids is 3. The Balaban J connectivity index is 1.92. The molecule has 3 N–H and O–H groups in total. The Kier molecular flexibility index (Phi) is 8.83. The first-order chi connectivity index (χ1) is 20.8. The number of amides is 3. The standard InChI is InChI=1S/C30H27N5O9/c1-30(2,3)33-29(39)24(18-16-44-23-15-9-4-10-17(23)26(18)36)25(27(37)31-19-11-5-7-13-21(19)34(40)41)28(38)32-20-12-6-8-14-22(20)35(42)43/h4-16,24-25H,1-3H3,(H,31,37)(H,32,38)(H,33,39). The van der Waals surface area contributed by atoms with Crippen molar-refractivity contribution in [1.29, 1.82) is 0 Å². The number of benzene rings is 3. The summed E-state index contributed by atoms with van der Waals surface area (Å²) >= 11 is 0. The highest BCUT2D eigenvalue weighted by atomic mass is 16.6. The van der Waals surface area contributed by atoms with E-state index in [1.54, 1.807) is 32.9 Å². The maximum Gasteiger partial charge on any atom is 0.292 e. The predicted octanol–water partition coefficient (Wildman–Crippen LogP) is 4.50. The molecule has 1 unspecified atom stereocenters. The number of hydrogen-bond donors (Lipinski definition) is 3. The van der Waals surface area contributed by atoms with Gasteiger partial charge in [0.2, 0.25) is 17.7 Å². The number of nitro benzene ring substituents is 2. The van der Waals surface area contributed by atoms with Gasteiger partial charge in [0, 0.05) is 23.2 Å². The number of nitrogens with one attached hydrogen (secondary N) is 3. The van der Waals surface area contributed by atoms with Gasteiger partial charge < -0.3 is 20.4 Å². The first-order valence-electron chi connectivity index (χ1n) is 13.2. The summed E-state index contributed by atoms with van der Waals surface area (Å²) in [6.07, 6.45) is 0.973. The smallest absolute Gasteiger partial charge is 0.292 e. The molecule has 0 saturated carbocycles. The summed E-state index contributed by atoms with van der Waals surface area (Å²) in [4.78, 5) is 77.3. The molecule has 0 saturated heterocycles. The maximum atomic E-state index is 14.0. The number of nitro groups is 2. The van der Waals surface area contributed by atoms with Crippen LogP contribution in [0.4, 0.5) is 22.7 Å². The Bertz CT molecular complexity index is 1770. The Hall–Kier alpha value is -5.92. The Labute approximate surface area is 249 Å². The SMILES string of the molecule is CC(C)(C)NC(=O)C(c1coc2ccccc2c1=O)C(C(=O)Nc1ccccc1[N+](=O)[O-])C(=O)Nc1ccccc1[N+](=O)[O-]. The summed E-state index contributed by atoms with van der Waals surface area (Å²) in [5.74, 6) is -7.24. The highest BCUT2D eigenvalue weighted by Gasteiger charge is 2.44. The van der Waals surface area contributed by atoms with E-state index >= 15 is 0 Å². The molecule has 3 amide bonds. The van der Waals surface area contributed by atoms with E-state index in [1.807, 2.05) is 0 Å². The highest BCUT2D eigenvalue weighted by molar-refractivity contribution is 6.15. The van der Waals surface area contributed by atoms with Gasteiger partial charge in [-0.3, -0.25) is 39.4 Å². The van der Waals surface area contributed by atoms with Gasteiger partial charge in [-0.2, -0.15) is 0 Å². The zero-order valence-electron chi connectivity index (χ0n) is 23.7. The fraction of sp³-hybridized carbons (Fsp3) is 0.200. The molecule has 0 aliphatic carbocycles. The number of carbonyl (C=O) groups is 3. The van der Waals surface area contributed by atoms with E-state index in [9.17, 15) is 39.4 Å². The highest BCUT2D eigenvalue weighted by Crippen LogP contribution is 2.32. The van der Waals surface area contributed by atoms with Crippen LogP contribution in [0.5, 0.6) is 0 Å². The molecule has 0 aliphatic heterocycles. The lowest BCUT2D eigenvalue weighted by molar-refractivity contribution is -0.384. The van der Waals surface area contributed by atoms with Crippen LogP contribution in [0.25, 0.3) is 11.0 Å². The van der Waals surface area contributed by atoms with Crippen LogP contribution in [-0.2, 0) is 14.4 Å². The molecule has 1 aromatic heterocycles. The van der Waals surface area contributed by atoms with Crippen molar-refractivity contribution in [3.05, 3.63) is 115 Å². The minimum atomic E-state index is -2.08. The van der Waals surface area contributed by atoms with Crippen LogP contribution >= 0.6 is 0 Å². The van der Waals surface area contributed by atoms with Crippen molar-refractivity contribution in [3.63, 3.8) is 0 Å². The summed E-state index contributed by atoms with van der Waals surface area (Å²) in [6, 6.07) is 16.4. The quantitative estimate of drug-likeness (QED) is 0.140. The van der Waals surface area contributed by atoms with Gasteiger partial charge in [-0.15, -0.1) is 0 Å². The zero-order chi connectivity index (χ0) is 32.2. The van der Waals surface area contributed by atoms with Crippen LogP contribution in [-0.4, -0.2) is 33.1 Å². The minimum Gasteiger partial charge on any atom is -0.464 e. The summed E-state index contributed by atoms with van der Waals surface area (Å²) < 4.78 is 5.61. The van der Waals surface area contributed by atoms with Crippen molar-refractivity contribution in [2.45, 2.75) is 32.2 Å². The second-order valence-corrected chi connectivity index (χ2v) is 10.7. The maximum absolute atomic E-state index is 14.0. The van der Waals surface area contributed by atoms with Crippen molar-refractivity contribution in [2.75, 3.05) is 10.6 Å². The normalized spacial score (nSPS) is 11.9. The molecular weight excluding hydrogens is 574 g/mol. The molecule has 1 heterocycles. The average molecular weight is 602 g/mol. The molecule has 226 valence electrons. The van der Waals surface area contributed by atoms with Gasteiger partial charge in [-0.1, -0.05) is 36.4 Å². The van der Waals surface area contributed by atoms with Crippen molar-refractivity contribution in [2.24, 2.45) is 5.92 Å². The second kappa shape index (κ2) is 12.5. The van der Waals surface area contributed by atoms with Crippen LogP contribution in [0.1, 0.15) is 32.3 Å². The minimum absolute atomic E-state index is 0.0653. The fourth-order valence-corrected chi connectivity index (χ4v) is 4.55. The van der Waals surface area contributed by atoms with Crippen LogP contribution in [0.15, 0.2) is 88.3 Å². The molecule has 3 aromatic carbocycles. The largest absolute Gasteiger partial charge is 0.464 e. The van der Waals surface area contributed by atoms with Crippen LogP contribution in [0, 0.1) is 26.1 Å². The van der Waals surface area contributed by atoms with Gasteiger partial charge in [-0.05, 0) is 45.0 Å². The third-order valence-electron chi connectivity index (χ3n) is 6.44. The molecule has 14 nitrogen and oxygen atoms in total. The summed E-state index contributed by atoms with van der Waals surface area (Å²) in [5.41, 5.74) is -3.35. The molecule has 14 heteroatoms. The molecule has 44 heavy (non-hydrogen) atoms. The van der Waals surface area contributed by atoms with Gasteiger partial charge in [0.15, 0.2) is 5.43 Å². The third kappa shape index (κ3) is 6.75. The fourth-order valence-electron chi connectivity index (χ4n) is 4.55. The monoisotopic (exact) mass is 601 g/mol. The van der Waals surface area contributed by atoms with E-state index in [1.165, 1.54) is 48.5 Å². The van der Waals surface area contributed by atoms with Crippen LogP contribution in [0.2, 0.25) is 0 Å². The Morgan fingerprint density at radius 1 is 0.750 bits per heavy atom. The molecule has 1 atom stereocenters. The number of rotatable bonds is 9. The van der Waals surface area contributed by atoms with Gasteiger partial charge >= 0.3 is 0 Å². The van der Waals surface area contributed by atoms with Gasteiger partial charge in [-0.25, -0.2) is 0 Å². The topological polar surface area (TPSA) is 204 Å². The first-order valence-corrected chi connectivity index (χ1v) is 13.2. The number of nitrogens with zero attached hydrogens (tertiary/aromatic N) is 2. The molecule has 0 radical (unpaired) electrons. The number of anilines is 2. The number of para-hydroxylation sites is 5. The van der Waals surface area contributed by atoms with E-state index in [2.05, 4.69) is 16.0 Å². The predicted molar refractivity (Wildman–Crippen MR) is 160 cm³/mol. The molecule has 0 bridgehead atoms. The summed E-state index contributed by atoms with van der Waals surface area (Å²) in [5, 5.41) is 30.7. The van der Waals surface area contributed by atoms with Gasteiger partial charge in [0.25, 0.3) is 11.4 Å². The Morgan fingerprint density at radius 3 is 1.73 bits per heavy atom.